The van der Waals surface area contributed by atoms with Crippen LogP contribution in [0.15, 0.2) is 48.5 Å². The monoisotopic (exact) mass is 386 g/mol. The average molecular weight is 387 g/mol. The Morgan fingerprint density at radius 2 is 2.08 bits per heavy atom. The molecule has 5 nitrogen and oxygen atoms in total. The number of benzene rings is 2. The van der Waals surface area contributed by atoms with Gasteiger partial charge in [0, 0.05) is 30.1 Å². The Balaban J connectivity index is 1.65. The number of hydrogen-bond acceptors (Lipinski definition) is 3. The highest BCUT2D eigenvalue weighted by Gasteiger charge is 2.11. The van der Waals surface area contributed by atoms with Crippen LogP contribution >= 0.6 is 23.8 Å². The summed E-state index contributed by atoms with van der Waals surface area (Å²) in [5.41, 5.74) is 3.00. The number of amides is 1. The minimum absolute atomic E-state index is 0.0665. The van der Waals surface area contributed by atoms with Crippen LogP contribution in [0.1, 0.15) is 17.5 Å². The van der Waals surface area contributed by atoms with E-state index < -0.39 is 0 Å². The smallest absolute Gasteiger partial charge is 0.222 e. The van der Waals surface area contributed by atoms with Crippen molar-refractivity contribution in [3.63, 3.8) is 0 Å². The minimum Gasteiger partial charge on any atom is -0.352 e. The third kappa shape index (κ3) is 4.39. The summed E-state index contributed by atoms with van der Waals surface area (Å²) >= 11 is 11.4. The first-order chi connectivity index (χ1) is 12.5. The van der Waals surface area contributed by atoms with Crippen LogP contribution in [0.25, 0.3) is 11.4 Å². The number of aromatic nitrogens is 3. The van der Waals surface area contributed by atoms with Gasteiger partial charge in [-0.05, 0) is 36.8 Å². The van der Waals surface area contributed by atoms with Crippen molar-refractivity contribution in [2.24, 2.45) is 0 Å². The second-order valence-electron chi connectivity index (χ2n) is 5.99. The van der Waals surface area contributed by atoms with Gasteiger partial charge in [-0.25, -0.2) is 0 Å². The van der Waals surface area contributed by atoms with Gasteiger partial charge in [0.05, 0.1) is 0 Å². The lowest BCUT2D eigenvalue weighted by molar-refractivity contribution is -0.121. The third-order valence-electron chi connectivity index (χ3n) is 4.03. The fraction of sp³-hybridized carbons (Fsp3) is 0.211. The molecule has 0 bridgehead atoms. The molecular weight excluding hydrogens is 368 g/mol. The summed E-state index contributed by atoms with van der Waals surface area (Å²) in [6.07, 6.45) is 0.303. The number of rotatable bonds is 6. The van der Waals surface area contributed by atoms with E-state index in [-0.39, 0.29) is 5.91 Å². The van der Waals surface area contributed by atoms with Crippen LogP contribution in [-0.4, -0.2) is 20.7 Å². The number of carbonyl (C=O) groups is 1. The molecule has 3 rings (SSSR count). The zero-order chi connectivity index (χ0) is 18.5. The largest absolute Gasteiger partial charge is 0.352 e. The molecule has 1 aromatic heterocycles. The van der Waals surface area contributed by atoms with Crippen LogP contribution in [0, 0.1) is 11.7 Å². The van der Waals surface area contributed by atoms with E-state index in [9.17, 15) is 4.79 Å². The van der Waals surface area contributed by atoms with Crippen LogP contribution in [0.4, 0.5) is 0 Å². The molecule has 26 heavy (non-hydrogen) atoms. The molecule has 0 spiro atoms. The lowest BCUT2D eigenvalue weighted by Crippen LogP contribution is -2.24. The topological polar surface area (TPSA) is 62.7 Å². The van der Waals surface area contributed by atoms with Crippen molar-refractivity contribution >= 4 is 29.7 Å². The molecule has 1 amide bonds. The van der Waals surface area contributed by atoms with E-state index in [1.807, 2.05) is 60.0 Å². The summed E-state index contributed by atoms with van der Waals surface area (Å²) in [6, 6.07) is 15.5. The Hall–Kier alpha value is -2.44. The zero-order valence-corrected chi connectivity index (χ0v) is 15.9. The predicted octanol–water partition coefficient (Wildman–Crippen LogP) is 4.28. The number of aryl methyl sites for hydroxylation is 1. The number of hydrogen-bond donors (Lipinski definition) is 2. The number of halogens is 1. The molecule has 0 atom stereocenters. The molecule has 2 N–H and O–H groups in total. The number of nitrogens with one attached hydrogen (secondary N) is 2. The van der Waals surface area contributed by atoms with Crippen LogP contribution in [0.2, 0.25) is 5.02 Å². The van der Waals surface area contributed by atoms with Crippen molar-refractivity contribution in [1.82, 2.24) is 20.1 Å². The molecule has 7 heteroatoms. The maximum Gasteiger partial charge on any atom is 0.222 e. The van der Waals surface area contributed by atoms with Crippen LogP contribution in [0.5, 0.6) is 0 Å². The molecular formula is C19H19ClN4OS. The first kappa shape index (κ1) is 18.4. The predicted molar refractivity (Wildman–Crippen MR) is 106 cm³/mol. The van der Waals surface area contributed by atoms with Gasteiger partial charge in [-0.3, -0.25) is 14.5 Å². The lowest BCUT2D eigenvalue weighted by atomic mass is 10.1. The Bertz CT molecular complexity index is 979. The first-order valence-corrected chi connectivity index (χ1v) is 9.05. The fourth-order valence-corrected chi connectivity index (χ4v) is 3.09. The van der Waals surface area contributed by atoms with Gasteiger partial charge < -0.3 is 5.32 Å². The van der Waals surface area contributed by atoms with Crippen molar-refractivity contribution in [2.45, 2.75) is 26.4 Å². The molecule has 0 aliphatic carbocycles. The van der Waals surface area contributed by atoms with Gasteiger partial charge in [-0.2, -0.15) is 5.10 Å². The lowest BCUT2D eigenvalue weighted by Gasteiger charge is -2.09. The van der Waals surface area contributed by atoms with Crippen molar-refractivity contribution in [3.8, 4) is 11.4 Å². The minimum atomic E-state index is -0.0665. The van der Waals surface area contributed by atoms with Crippen molar-refractivity contribution < 1.29 is 4.79 Å². The number of H-pyrrole nitrogens is 1. The summed E-state index contributed by atoms with van der Waals surface area (Å²) in [4.78, 5) is 12.2. The normalized spacial score (nSPS) is 10.7. The zero-order valence-electron chi connectivity index (χ0n) is 14.3. The van der Waals surface area contributed by atoms with Gasteiger partial charge >= 0.3 is 0 Å². The molecule has 0 unspecified atom stereocenters. The summed E-state index contributed by atoms with van der Waals surface area (Å²) in [5.74, 6) is 0.667. The van der Waals surface area contributed by atoms with Gasteiger partial charge in [0.25, 0.3) is 0 Å². The Labute approximate surface area is 162 Å². The maximum atomic E-state index is 12.2. The highest BCUT2D eigenvalue weighted by atomic mass is 35.5. The van der Waals surface area contributed by atoms with E-state index in [0.717, 1.165) is 22.5 Å². The van der Waals surface area contributed by atoms with Gasteiger partial charge in [0.15, 0.2) is 10.6 Å². The molecule has 0 fully saturated rings. The van der Waals surface area contributed by atoms with Gasteiger partial charge in [-0.1, -0.05) is 53.6 Å². The second-order valence-corrected chi connectivity index (χ2v) is 6.79. The van der Waals surface area contributed by atoms with Crippen molar-refractivity contribution in [3.05, 3.63) is 69.5 Å². The highest BCUT2D eigenvalue weighted by molar-refractivity contribution is 7.71. The van der Waals surface area contributed by atoms with Gasteiger partial charge in [0.2, 0.25) is 5.91 Å². The molecule has 0 aliphatic rings. The van der Waals surface area contributed by atoms with E-state index in [2.05, 4.69) is 15.5 Å². The number of nitrogens with zero attached hydrogens (tertiary/aromatic N) is 2. The molecule has 2 aromatic carbocycles. The molecule has 0 saturated carbocycles. The first-order valence-electron chi connectivity index (χ1n) is 8.27. The molecule has 3 aromatic rings. The van der Waals surface area contributed by atoms with Crippen LogP contribution < -0.4 is 5.32 Å². The van der Waals surface area contributed by atoms with E-state index in [1.54, 1.807) is 0 Å². The van der Waals surface area contributed by atoms with E-state index >= 15 is 0 Å². The Morgan fingerprint density at radius 3 is 2.85 bits per heavy atom. The van der Waals surface area contributed by atoms with E-state index in [1.165, 1.54) is 0 Å². The highest BCUT2D eigenvalue weighted by Crippen LogP contribution is 2.19. The summed E-state index contributed by atoms with van der Waals surface area (Å²) in [5, 5.41) is 10.7. The summed E-state index contributed by atoms with van der Waals surface area (Å²) < 4.78 is 2.35. The maximum absolute atomic E-state index is 12.2. The Morgan fingerprint density at radius 1 is 1.27 bits per heavy atom. The molecule has 0 radical (unpaired) electrons. The average Bonchev–Trinajstić information content (AvgIpc) is 3.00. The molecule has 0 saturated heterocycles. The van der Waals surface area contributed by atoms with Gasteiger partial charge in [-0.15, -0.1) is 0 Å². The number of carbonyl (C=O) groups excluding carboxylic acids is 1. The van der Waals surface area contributed by atoms with Crippen LogP contribution in [-0.2, 0) is 17.9 Å². The molecule has 134 valence electrons. The van der Waals surface area contributed by atoms with E-state index in [0.29, 0.717) is 29.3 Å². The third-order valence-corrected chi connectivity index (χ3v) is 4.71. The number of aromatic amines is 1. The SMILES string of the molecule is Cc1cccc(-c2n[nH]c(=S)n2CCC(=O)NCc2ccccc2Cl)c1. The van der Waals surface area contributed by atoms with Crippen LogP contribution in [0.3, 0.4) is 0 Å². The standard InChI is InChI=1S/C19H19ClN4OS/c1-13-5-4-7-14(11-13)18-22-23-19(26)24(18)10-9-17(25)21-12-15-6-2-3-8-16(15)20/h2-8,11H,9-10,12H2,1H3,(H,21,25)(H,23,26). The summed E-state index contributed by atoms with van der Waals surface area (Å²) in [7, 11) is 0. The quantitative estimate of drug-likeness (QED) is 0.621. The second kappa shape index (κ2) is 8.29. The summed E-state index contributed by atoms with van der Waals surface area (Å²) in [6.45, 7) is 2.88. The molecule has 1 heterocycles. The van der Waals surface area contributed by atoms with Crippen molar-refractivity contribution in [2.75, 3.05) is 0 Å². The molecule has 0 aliphatic heterocycles. The Kier molecular flexibility index (Phi) is 5.85. The van der Waals surface area contributed by atoms with Gasteiger partial charge in [0.1, 0.15) is 0 Å². The van der Waals surface area contributed by atoms with E-state index in [4.69, 9.17) is 23.8 Å². The fourth-order valence-electron chi connectivity index (χ4n) is 2.67. The van der Waals surface area contributed by atoms with Crippen molar-refractivity contribution in [1.29, 1.82) is 0 Å².